The molecule has 1 saturated heterocycles. The van der Waals surface area contributed by atoms with E-state index >= 15 is 0 Å². The zero-order valence-corrected chi connectivity index (χ0v) is 17.6. The van der Waals surface area contributed by atoms with Gasteiger partial charge in [0.1, 0.15) is 17.2 Å². The van der Waals surface area contributed by atoms with E-state index in [4.69, 9.17) is 0 Å². The van der Waals surface area contributed by atoms with Gasteiger partial charge in [0.2, 0.25) is 0 Å². The molecule has 0 spiro atoms. The van der Waals surface area contributed by atoms with Gasteiger partial charge in [-0.2, -0.15) is 0 Å². The van der Waals surface area contributed by atoms with Crippen LogP contribution in [0.3, 0.4) is 0 Å². The normalized spacial score (nSPS) is 17.2. The fraction of sp³-hybridized carbons (Fsp3) is 0.292. The molecule has 0 saturated carbocycles. The number of phenols is 1. The summed E-state index contributed by atoms with van der Waals surface area (Å²) < 4.78 is 1.97. The Morgan fingerprint density at radius 2 is 1.90 bits per heavy atom. The Kier molecular flexibility index (Phi) is 5.26. The van der Waals surface area contributed by atoms with Crippen LogP contribution in [0.4, 0.5) is 0 Å². The van der Waals surface area contributed by atoms with Crippen LogP contribution in [0.15, 0.2) is 70.8 Å². The van der Waals surface area contributed by atoms with Crippen LogP contribution in [0.2, 0.25) is 0 Å². The molecule has 5 rings (SSSR count). The highest BCUT2D eigenvalue weighted by atomic mass is 16.3. The molecular weight excluding hydrogens is 388 g/mol. The Bertz CT molecular complexity index is 1200. The van der Waals surface area contributed by atoms with Gasteiger partial charge in [-0.1, -0.05) is 18.6 Å². The van der Waals surface area contributed by atoms with Crippen LogP contribution < -0.4 is 5.32 Å². The lowest BCUT2D eigenvalue weighted by molar-refractivity contribution is 0.352. The molecule has 0 radical (unpaired) electrons. The van der Waals surface area contributed by atoms with E-state index in [1.807, 2.05) is 41.1 Å². The molecule has 0 atom stereocenters. The number of nitrogens with zero attached hydrogens (tertiary/aromatic N) is 5. The molecule has 31 heavy (non-hydrogen) atoms. The van der Waals surface area contributed by atoms with Gasteiger partial charge in [-0.15, -0.1) is 10.2 Å². The number of amidine groups is 1. The third kappa shape index (κ3) is 3.96. The van der Waals surface area contributed by atoms with Crippen molar-refractivity contribution in [2.45, 2.75) is 19.8 Å². The number of phenolic OH excluding ortho intramolecular Hbond substituents is 1. The Balaban J connectivity index is 1.48. The number of benzene rings is 1. The molecule has 0 amide bonds. The average molecular weight is 415 g/mol. The van der Waals surface area contributed by atoms with E-state index < -0.39 is 0 Å². The smallest absolute Gasteiger partial charge is 0.136 e. The summed E-state index contributed by atoms with van der Waals surface area (Å²) in [5.74, 6) is 1.21. The van der Waals surface area contributed by atoms with Gasteiger partial charge in [-0.05, 0) is 47.9 Å². The monoisotopic (exact) mass is 414 g/mol. The van der Waals surface area contributed by atoms with E-state index in [1.54, 1.807) is 12.3 Å². The summed E-state index contributed by atoms with van der Waals surface area (Å²) in [4.78, 5) is 6.59. The van der Waals surface area contributed by atoms with E-state index in [0.717, 1.165) is 61.6 Å². The summed E-state index contributed by atoms with van der Waals surface area (Å²) in [5.41, 5.74) is 5.52. The second-order valence-corrected chi connectivity index (χ2v) is 7.91. The van der Waals surface area contributed by atoms with Crippen molar-refractivity contribution in [3.63, 3.8) is 0 Å². The standard InChI is InChI=1S/C24H26N6O/c1-2-17-13-21(27-28-24(14-17)29-10-7-25-8-11-29)20-5-3-18(15-22(20)31)19-4-6-23-26-9-12-30(23)16-19/h3-6,9,12-13,15-16,25,31H,2,7-8,10-11,14H2,1H3. The fourth-order valence-corrected chi connectivity index (χ4v) is 4.10. The number of nitrogens with one attached hydrogen (secondary N) is 1. The lowest BCUT2D eigenvalue weighted by atomic mass is 9.99. The van der Waals surface area contributed by atoms with Crippen molar-refractivity contribution in [2.24, 2.45) is 10.2 Å². The molecule has 4 heterocycles. The lowest BCUT2D eigenvalue weighted by Crippen LogP contribution is -2.46. The van der Waals surface area contributed by atoms with E-state index in [0.29, 0.717) is 11.3 Å². The number of aromatic hydroxyl groups is 1. The van der Waals surface area contributed by atoms with E-state index in [2.05, 4.69) is 38.4 Å². The van der Waals surface area contributed by atoms with Gasteiger partial charge in [0.05, 0.1) is 5.71 Å². The van der Waals surface area contributed by atoms with E-state index in [1.165, 1.54) is 5.57 Å². The van der Waals surface area contributed by atoms with Crippen molar-refractivity contribution in [3.8, 4) is 16.9 Å². The number of piperazine rings is 1. The minimum atomic E-state index is 0.203. The quantitative estimate of drug-likeness (QED) is 0.688. The van der Waals surface area contributed by atoms with Gasteiger partial charge in [-0.25, -0.2) is 4.98 Å². The minimum Gasteiger partial charge on any atom is -0.507 e. The molecule has 2 aliphatic heterocycles. The maximum absolute atomic E-state index is 10.8. The van der Waals surface area contributed by atoms with Gasteiger partial charge in [0.25, 0.3) is 0 Å². The number of aromatic nitrogens is 2. The topological polar surface area (TPSA) is 77.5 Å². The maximum Gasteiger partial charge on any atom is 0.136 e. The van der Waals surface area contributed by atoms with Crippen LogP contribution >= 0.6 is 0 Å². The van der Waals surface area contributed by atoms with Crippen molar-refractivity contribution in [2.75, 3.05) is 26.2 Å². The van der Waals surface area contributed by atoms with Crippen LogP contribution in [-0.2, 0) is 0 Å². The molecule has 0 aliphatic carbocycles. The number of fused-ring (bicyclic) bond motifs is 1. The predicted octanol–water partition coefficient (Wildman–Crippen LogP) is 3.45. The maximum atomic E-state index is 10.8. The molecule has 2 aliphatic rings. The van der Waals surface area contributed by atoms with Crippen LogP contribution in [-0.4, -0.2) is 57.1 Å². The largest absolute Gasteiger partial charge is 0.507 e. The average Bonchev–Trinajstić information content (AvgIpc) is 3.17. The Morgan fingerprint density at radius 1 is 1.06 bits per heavy atom. The summed E-state index contributed by atoms with van der Waals surface area (Å²) in [5, 5.41) is 23.3. The fourth-order valence-electron chi connectivity index (χ4n) is 4.10. The molecule has 3 aromatic rings. The third-order valence-electron chi connectivity index (χ3n) is 5.93. The highest BCUT2D eigenvalue weighted by molar-refractivity contribution is 6.12. The van der Waals surface area contributed by atoms with E-state index in [-0.39, 0.29) is 5.75 Å². The van der Waals surface area contributed by atoms with Gasteiger partial charge in [0.15, 0.2) is 0 Å². The SMILES string of the molecule is CCC1=CC(c2ccc(-c3ccc4nccn4c3)cc2O)=NN=C(N2CCNCC2)C1. The highest BCUT2D eigenvalue weighted by Gasteiger charge is 2.19. The zero-order chi connectivity index (χ0) is 21.2. The molecule has 1 aromatic carbocycles. The molecule has 0 bridgehead atoms. The highest BCUT2D eigenvalue weighted by Crippen LogP contribution is 2.29. The first-order valence-corrected chi connectivity index (χ1v) is 10.8. The Hall–Kier alpha value is -3.45. The van der Waals surface area contributed by atoms with Gasteiger partial charge in [-0.3, -0.25) is 0 Å². The van der Waals surface area contributed by atoms with Crippen LogP contribution in [0, 0.1) is 0 Å². The first kappa shape index (κ1) is 19.5. The summed E-state index contributed by atoms with van der Waals surface area (Å²) in [6.45, 7) is 5.98. The first-order chi connectivity index (χ1) is 15.2. The van der Waals surface area contributed by atoms with Crippen LogP contribution in [0.1, 0.15) is 25.3 Å². The molecule has 158 valence electrons. The number of pyridine rings is 1. The van der Waals surface area contributed by atoms with Gasteiger partial charge in [0, 0.05) is 56.8 Å². The summed E-state index contributed by atoms with van der Waals surface area (Å²) in [6.07, 6.45) is 9.50. The summed E-state index contributed by atoms with van der Waals surface area (Å²) >= 11 is 0. The second-order valence-electron chi connectivity index (χ2n) is 7.91. The Labute approximate surface area is 181 Å². The van der Waals surface area contributed by atoms with Crippen LogP contribution in [0.5, 0.6) is 5.75 Å². The van der Waals surface area contributed by atoms with Crippen molar-refractivity contribution >= 4 is 17.2 Å². The zero-order valence-electron chi connectivity index (χ0n) is 17.6. The number of rotatable bonds is 3. The van der Waals surface area contributed by atoms with Crippen LogP contribution in [0.25, 0.3) is 16.8 Å². The number of allylic oxidation sites excluding steroid dienone is 1. The second kappa shape index (κ2) is 8.35. The summed E-state index contributed by atoms with van der Waals surface area (Å²) in [6, 6.07) is 9.72. The van der Waals surface area contributed by atoms with E-state index in [9.17, 15) is 5.11 Å². The summed E-state index contributed by atoms with van der Waals surface area (Å²) in [7, 11) is 0. The van der Waals surface area contributed by atoms with Gasteiger partial charge < -0.3 is 19.7 Å². The van der Waals surface area contributed by atoms with Crippen molar-refractivity contribution in [3.05, 3.63) is 66.1 Å². The Morgan fingerprint density at radius 3 is 2.71 bits per heavy atom. The number of hydrogen-bond acceptors (Lipinski definition) is 6. The lowest BCUT2D eigenvalue weighted by Gasteiger charge is -2.29. The molecular formula is C24H26N6O. The molecule has 2 N–H and O–H groups in total. The molecule has 0 unspecified atom stereocenters. The van der Waals surface area contributed by atoms with Crippen molar-refractivity contribution in [1.29, 1.82) is 0 Å². The molecule has 1 fully saturated rings. The van der Waals surface area contributed by atoms with Crippen molar-refractivity contribution in [1.82, 2.24) is 19.6 Å². The van der Waals surface area contributed by atoms with Crippen molar-refractivity contribution < 1.29 is 5.11 Å². The number of hydrogen-bond donors (Lipinski definition) is 2. The predicted molar refractivity (Wildman–Crippen MR) is 124 cm³/mol. The third-order valence-corrected chi connectivity index (χ3v) is 5.93. The molecule has 2 aromatic heterocycles. The minimum absolute atomic E-state index is 0.203. The molecule has 7 heteroatoms. The first-order valence-electron chi connectivity index (χ1n) is 10.8. The molecule has 7 nitrogen and oxygen atoms in total. The van der Waals surface area contributed by atoms with Gasteiger partial charge >= 0.3 is 0 Å². The number of imidazole rings is 1.